The first-order valence-corrected chi connectivity index (χ1v) is 3.07. The Bertz CT molecular complexity index is 57.1. The third kappa shape index (κ3) is 2.72. The highest BCUT2D eigenvalue weighted by Crippen LogP contribution is 2.10. The summed E-state index contributed by atoms with van der Waals surface area (Å²) in [6, 6.07) is 0. The van der Waals surface area contributed by atoms with E-state index < -0.39 is 17.0 Å². The maximum absolute atomic E-state index is 8.69. The van der Waals surface area contributed by atoms with Crippen molar-refractivity contribution in [3.63, 3.8) is 0 Å². The highest BCUT2D eigenvalue weighted by atomic mass is 35.5. The van der Waals surface area contributed by atoms with E-state index in [1.165, 1.54) is 6.92 Å². The standard InChI is InChI=1S/C4H8Cl2O2/c1-2(7)3(8)4(5)6/h2-4,7-8H,1H3. The van der Waals surface area contributed by atoms with Gasteiger partial charge in [0, 0.05) is 0 Å². The normalized spacial score (nSPS) is 18.8. The molecule has 0 heterocycles. The highest BCUT2D eigenvalue weighted by Gasteiger charge is 2.17. The van der Waals surface area contributed by atoms with E-state index in [9.17, 15) is 0 Å². The van der Waals surface area contributed by atoms with Crippen LogP contribution in [-0.4, -0.2) is 27.3 Å². The van der Waals surface area contributed by atoms with Crippen LogP contribution in [0.15, 0.2) is 0 Å². The molecule has 8 heavy (non-hydrogen) atoms. The van der Waals surface area contributed by atoms with Gasteiger partial charge in [0.15, 0.2) is 0 Å². The van der Waals surface area contributed by atoms with Crippen LogP contribution in [0.2, 0.25) is 0 Å². The lowest BCUT2D eigenvalue weighted by molar-refractivity contribution is 0.0403. The molecule has 0 saturated heterocycles. The predicted octanol–water partition coefficient (Wildman–Crippen LogP) is 0.532. The fourth-order valence-corrected chi connectivity index (χ4v) is 0.632. The SMILES string of the molecule is CC(O)C(O)C(Cl)Cl. The molecule has 2 nitrogen and oxygen atoms in total. The van der Waals surface area contributed by atoms with E-state index in [1.807, 2.05) is 0 Å². The van der Waals surface area contributed by atoms with Crippen LogP contribution in [0.3, 0.4) is 0 Å². The fourth-order valence-electron chi connectivity index (χ4n) is 0.211. The van der Waals surface area contributed by atoms with E-state index >= 15 is 0 Å². The van der Waals surface area contributed by atoms with E-state index in [0.717, 1.165) is 0 Å². The van der Waals surface area contributed by atoms with Crippen molar-refractivity contribution in [3.05, 3.63) is 0 Å². The minimum atomic E-state index is -1.04. The van der Waals surface area contributed by atoms with E-state index in [4.69, 9.17) is 33.4 Å². The lowest BCUT2D eigenvalue weighted by Crippen LogP contribution is -2.28. The minimum Gasteiger partial charge on any atom is -0.391 e. The Morgan fingerprint density at radius 2 is 1.62 bits per heavy atom. The monoisotopic (exact) mass is 158 g/mol. The molecule has 0 radical (unpaired) electrons. The molecule has 0 aromatic heterocycles. The van der Waals surface area contributed by atoms with Gasteiger partial charge >= 0.3 is 0 Å². The number of hydrogen-bond acceptors (Lipinski definition) is 2. The quantitative estimate of drug-likeness (QED) is 0.577. The number of aliphatic hydroxyl groups is 2. The maximum Gasteiger partial charge on any atom is 0.136 e. The molecule has 0 bridgehead atoms. The molecule has 0 amide bonds. The van der Waals surface area contributed by atoms with Crippen molar-refractivity contribution in [2.45, 2.75) is 24.0 Å². The molecule has 50 valence electrons. The van der Waals surface area contributed by atoms with Gasteiger partial charge in [0.05, 0.1) is 6.10 Å². The molecule has 0 aliphatic heterocycles. The van der Waals surface area contributed by atoms with Gasteiger partial charge in [0.25, 0.3) is 0 Å². The molecule has 0 fully saturated rings. The van der Waals surface area contributed by atoms with Crippen LogP contribution in [0.5, 0.6) is 0 Å². The molecular weight excluding hydrogens is 151 g/mol. The number of hydrogen-bond donors (Lipinski definition) is 2. The zero-order chi connectivity index (χ0) is 6.73. The summed E-state index contributed by atoms with van der Waals surface area (Å²) in [5.74, 6) is 0. The third-order valence-corrected chi connectivity index (χ3v) is 1.27. The van der Waals surface area contributed by atoms with Crippen molar-refractivity contribution in [1.82, 2.24) is 0 Å². The lowest BCUT2D eigenvalue weighted by atomic mass is 10.3. The first kappa shape index (κ1) is 8.50. The van der Waals surface area contributed by atoms with E-state index in [1.54, 1.807) is 0 Å². The highest BCUT2D eigenvalue weighted by molar-refractivity contribution is 6.44. The largest absolute Gasteiger partial charge is 0.391 e. The van der Waals surface area contributed by atoms with Crippen LogP contribution >= 0.6 is 23.2 Å². The van der Waals surface area contributed by atoms with Crippen molar-refractivity contribution in [3.8, 4) is 0 Å². The second-order valence-electron chi connectivity index (χ2n) is 1.57. The van der Waals surface area contributed by atoms with Gasteiger partial charge in [-0.15, -0.1) is 23.2 Å². The van der Waals surface area contributed by atoms with Gasteiger partial charge in [0.2, 0.25) is 0 Å². The topological polar surface area (TPSA) is 40.5 Å². The third-order valence-electron chi connectivity index (χ3n) is 0.752. The molecule has 2 N–H and O–H groups in total. The van der Waals surface area contributed by atoms with Crippen molar-refractivity contribution >= 4 is 23.2 Å². The Kier molecular flexibility index (Phi) is 3.73. The van der Waals surface area contributed by atoms with Crippen LogP contribution in [-0.2, 0) is 0 Å². The summed E-state index contributed by atoms with van der Waals surface area (Å²) in [6.07, 6.45) is -1.91. The van der Waals surface area contributed by atoms with Crippen LogP contribution < -0.4 is 0 Å². The molecule has 0 saturated carbocycles. The Labute approximate surface area is 58.0 Å². The summed E-state index contributed by atoms with van der Waals surface area (Å²) in [6.45, 7) is 1.42. The average Bonchev–Trinajstić information content (AvgIpc) is 1.64. The number of halogens is 2. The van der Waals surface area contributed by atoms with Gasteiger partial charge in [-0.2, -0.15) is 0 Å². The Morgan fingerprint density at radius 3 is 1.62 bits per heavy atom. The van der Waals surface area contributed by atoms with E-state index in [-0.39, 0.29) is 0 Å². The summed E-state index contributed by atoms with van der Waals surface area (Å²) >= 11 is 10.4. The molecule has 0 spiro atoms. The maximum atomic E-state index is 8.69. The van der Waals surface area contributed by atoms with Gasteiger partial charge in [-0.3, -0.25) is 0 Å². The Morgan fingerprint density at radius 1 is 1.25 bits per heavy atom. The fraction of sp³-hybridized carbons (Fsp3) is 1.00. The number of alkyl halides is 2. The lowest BCUT2D eigenvalue weighted by Gasteiger charge is -2.12. The van der Waals surface area contributed by atoms with Crippen LogP contribution in [0.25, 0.3) is 0 Å². The smallest absolute Gasteiger partial charge is 0.136 e. The second-order valence-corrected chi connectivity index (χ2v) is 2.73. The Balaban J connectivity index is 3.46. The molecule has 2 atom stereocenters. The van der Waals surface area contributed by atoms with Crippen molar-refractivity contribution in [1.29, 1.82) is 0 Å². The van der Waals surface area contributed by atoms with Crippen LogP contribution in [0.1, 0.15) is 6.92 Å². The predicted molar refractivity (Wildman–Crippen MR) is 33.2 cm³/mol. The van der Waals surface area contributed by atoms with Gasteiger partial charge in [-0.05, 0) is 6.92 Å². The summed E-state index contributed by atoms with van der Waals surface area (Å²) < 4.78 is 0. The number of rotatable bonds is 2. The zero-order valence-corrected chi connectivity index (χ0v) is 5.89. The van der Waals surface area contributed by atoms with E-state index in [2.05, 4.69) is 0 Å². The molecule has 2 unspecified atom stereocenters. The summed E-state index contributed by atoms with van der Waals surface area (Å²) in [4.78, 5) is -0.907. The number of aliphatic hydroxyl groups excluding tert-OH is 2. The molecule has 0 aliphatic carbocycles. The van der Waals surface area contributed by atoms with Gasteiger partial charge in [-0.25, -0.2) is 0 Å². The molecule has 0 rings (SSSR count). The summed E-state index contributed by atoms with van der Waals surface area (Å²) in [7, 11) is 0. The van der Waals surface area contributed by atoms with Gasteiger partial charge in [0.1, 0.15) is 10.9 Å². The van der Waals surface area contributed by atoms with Gasteiger partial charge < -0.3 is 10.2 Å². The molecule has 4 heteroatoms. The van der Waals surface area contributed by atoms with Crippen molar-refractivity contribution < 1.29 is 10.2 Å². The minimum absolute atomic E-state index is 0.866. The molecule has 0 aromatic carbocycles. The van der Waals surface area contributed by atoms with E-state index in [0.29, 0.717) is 0 Å². The molecule has 0 aromatic rings. The zero-order valence-electron chi connectivity index (χ0n) is 4.38. The average molecular weight is 159 g/mol. The van der Waals surface area contributed by atoms with Gasteiger partial charge in [-0.1, -0.05) is 0 Å². The van der Waals surface area contributed by atoms with Crippen LogP contribution in [0, 0.1) is 0 Å². The first-order chi connectivity index (χ1) is 3.55. The first-order valence-electron chi connectivity index (χ1n) is 2.20. The Hall–Kier alpha value is 0.500. The van der Waals surface area contributed by atoms with Crippen molar-refractivity contribution in [2.75, 3.05) is 0 Å². The van der Waals surface area contributed by atoms with Crippen LogP contribution in [0.4, 0.5) is 0 Å². The summed E-state index contributed by atoms with van der Waals surface area (Å²) in [5.41, 5.74) is 0. The summed E-state index contributed by atoms with van der Waals surface area (Å²) in [5, 5.41) is 17.3. The molecular formula is C4H8Cl2O2. The molecule has 0 aliphatic rings. The second kappa shape index (κ2) is 3.51. The van der Waals surface area contributed by atoms with Crippen molar-refractivity contribution in [2.24, 2.45) is 0 Å².